The van der Waals surface area contributed by atoms with Crippen molar-refractivity contribution in [1.29, 1.82) is 0 Å². The van der Waals surface area contributed by atoms with Crippen LogP contribution in [0.1, 0.15) is 12.5 Å². The average molecular weight is 427 g/mol. The molecule has 0 saturated heterocycles. The van der Waals surface area contributed by atoms with E-state index in [1.807, 2.05) is 35.6 Å². The first-order chi connectivity index (χ1) is 11.6. The zero-order valence-electron chi connectivity index (χ0n) is 15.2. The minimum absolute atomic E-state index is 0. The number of nitrogens with one attached hydrogen (secondary N) is 2. The van der Waals surface area contributed by atoms with Crippen LogP contribution in [-0.4, -0.2) is 22.8 Å². The number of aliphatic hydroxyl groups is 1. The van der Waals surface area contributed by atoms with Gasteiger partial charge in [0.2, 0.25) is 5.60 Å². The fraction of sp³-hybridized carbons (Fsp3) is 0.222. The maximum absolute atomic E-state index is 12.7. The zero-order valence-corrected chi connectivity index (χ0v) is 19.1. The third-order valence-corrected chi connectivity index (χ3v) is 3.86. The standard InChI is InChI=1S/C17H16ClF3N2O2.CH3.K/c1-16(25,17(19,20)21)15(24)23-14-8-7-11(9-13(14)18)10-22-12-5-3-2-4-6-12;;/h2-9,22,25H,10H2,1H3,(H,23,24);1H3;/q;-1;+1. The molecule has 2 rings (SSSR count). The third-order valence-electron chi connectivity index (χ3n) is 3.55. The summed E-state index contributed by atoms with van der Waals surface area (Å²) in [6, 6.07) is 13.9. The number of halogens is 4. The van der Waals surface area contributed by atoms with Gasteiger partial charge in [0.25, 0.3) is 5.91 Å². The van der Waals surface area contributed by atoms with E-state index < -0.39 is 17.7 Å². The van der Waals surface area contributed by atoms with Crippen LogP contribution < -0.4 is 62.0 Å². The van der Waals surface area contributed by atoms with Crippen molar-refractivity contribution in [3.63, 3.8) is 0 Å². The van der Waals surface area contributed by atoms with Gasteiger partial charge in [-0.2, -0.15) is 13.2 Å². The summed E-state index contributed by atoms with van der Waals surface area (Å²) in [7, 11) is 0. The Hall–Kier alpha value is -0.614. The summed E-state index contributed by atoms with van der Waals surface area (Å²) in [5.41, 5.74) is -1.85. The predicted octanol–water partition coefficient (Wildman–Crippen LogP) is 1.66. The molecular weight excluding hydrogens is 408 g/mol. The molecule has 1 unspecified atom stereocenters. The first-order valence-electron chi connectivity index (χ1n) is 7.29. The number of benzene rings is 2. The van der Waals surface area contributed by atoms with Crippen molar-refractivity contribution in [2.75, 3.05) is 10.6 Å². The van der Waals surface area contributed by atoms with Crippen LogP contribution in [0.4, 0.5) is 24.5 Å². The van der Waals surface area contributed by atoms with E-state index in [4.69, 9.17) is 11.6 Å². The summed E-state index contributed by atoms with van der Waals surface area (Å²) in [5, 5.41) is 14.6. The molecule has 0 saturated carbocycles. The van der Waals surface area contributed by atoms with Gasteiger partial charge in [0.15, 0.2) is 0 Å². The van der Waals surface area contributed by atoms with Crippen LogP contribution >= 0.6 is 11.6 Å². The van der Waals surface area contributed by atoms with Crippen molar-refractivity contribution >= 4 is 28.9 Å². The molecule has 0 aliphatic heterocycles. The van der Waals surface area contributed by atoms with Gasteiger partial charge in [-0.1, -0.05) is 35.9 Å². The molecule has 27 heavy (non-hydrogen) atoms. The molecule has 0 heterocycles. The second kappa shape index (κ2) is 10.8. The molecule has 0 fully saturated rings. The van der Waals surface area contributed by atoms with Gasteiger partial charge in [0, 0.05) is 12.2 Å². The Kier molecular flexibility index (Phi) is 10.6. The second-order valence-electron chi connectivity index (χ2n) is 5.56. The van der Waals surface area contributed by atoms with Crippen LogP contribution in [-0.2, 0) is 11.3 Å². The van der Waals surface area contributed by atoms with Gasteiger partial charge in [-0.3, -0.25) is 4.79 Å². The summed E-state index contributed by atoms with van der Waals surface area (Å²) >= 11 is 6.01. The maximum atomic E-state index is 12.7. The predicted molar refractivity (Wildman–Crippen MR) is 96.9 cm³/mol. The van der Waals surface area contributed by atoms with Crippen molar-refractivity contribution in [3.8, 4) is 0 Å². The zero-order chi connectivity index (χ0) is 18.7. The summed E-state index contributed by atoms with van der Waals surface area (Å²) in [6.45, 7) is 0.826. The Morgan fingerprint density at radius 3 is 2.26 bits per heavy atom. The number of anilines is 2. The number of alkyl halides is 3. The molecule has 9 heteroatoms. The van der Waals surface area contributed by atoms with Gasteiger partial charge in [0.1, 0.15) is 0 Å². The van der Waals surface area contributed by atoms with E-state index in [9.17, 15) is 23.1 Å². The van der Waals surface area contributed by atoms with Crippen LogP contribution in [0.15, 0.2) is 48.5 Å². The van der Waals surface area contributed by atoms with E-state index in [0.29, 0.717) is 13.5 Å². The number of carbonyl (C=O) groups excluding carboxylic acids is 1. The molecule has 0 aliphatic carbocycles. The Bertz CT molecular complexity index is 756. The van der Waals surface area contributed by atoms with Crippen molar-refractivity contribution in [1.82, 2.24) is 0 Å². The Balaban J connectivity index is 0.00000338. The summed E-state index contributed by atoms with van der Waals surface area (Å²) in [5.74, 6) is -1.60. The minimum atomic E-state index is -5.09. The Labute approximate surface area is 203 Å². The third kappa shape index (κ3) is 7.05. The molecule has 0 bridgehead atoms. The van der Waals surface area contributed by atoms with E-state index in [-0.39, 0.29) is 69.5 Å². The molecular formula is C18H19ClF3KN2O2. The normalized spacial score (nSPS) is 12.8. The van der Waals surface area contributed by atoms with Crippen molar-refractivity contribution in [3.05, 3.63) is 66.5 Å². The molecule has 2 aromatic rings. The molecule has 0 aliphatic rings. The van der Waals surface area contributed by atoms with Crippen molar-refractivity contribution in [2.24, 2.45) is 0 Å². The Morgan fingerprint density at radius 1 is 1.15 bits per heavy atom. The van der Waals surface area contributed by atoms with Gasteiger partial charge in [-0.05, 0) is 36.8 Å². The van der Waals surface area contributed by atoms with Gasteiger partial charge in [-0.25, -0.2) is 0 Å². The fourth-order valence-corrected chi connectivity index (χ4v) is 2.15. The molecule has 0 aromatic heterocycles. The van der Waals surface area contributed by atoms with E-state index in [0.717, 1.165) is 11.3 Å². The van der Waals surface area contributed by atoms with Crippen LogP contribution in [0, 0.1) is 7.43 Å². The first-order valence-corrected chi connectivity index (χ1v) is 7.67. The van der Waals surface area contributed by atoms with Gasteiger partial charge < -0.3 is 23.2 Å². The number of rotatable bonds is 5. The fourth-order valence-electron chi connectivity index (χ4n) is 1.90. The molecule has 0 spiro atoms. The maximum Gasteiger partial charge on any atom is 1.00 e. The van der Waals surface area contributed by atoms with Crippen molar-refractivity contribution in [2.45, 2.75) is 25.2 Å². The average Bonchev–Trinajstić information content (AvgIpc) is 2.55. The molecule has 0 radical (unpaired) electrons. The van der Waals surface area contributed by atoms with E-state index in [1.165, 1.54) is 12.1 Å². The number of carbonyl (C=O) groups is 1. The minimum Gasteiger partial charge on any atom is -0.381 e. The number of para-hydroxylation sites is 1. The van der Waals surface area contributed by atoms with Gasteiger partial charge >= 0.3 is 57.6 Å². The van der Waals surface area contributed by atoms with E-state index in [1.54, 1.807) is 6.07 Å². The number of hydrogen-bond acceptors (Lipinski definition) is 3. The summed E-state index contributed by atoms with van der Waals surface area (Å²) < 4.78 is 38.0. The Morgan fingerprint density at radius 2 is 1.74 bits per heavy atom. The molecule has 2 aromatic carbocycles. The van der Waals surface area contributed by atoms with Crippen LogP contribution in [0.3, 0.4) is 0 Å². The number of hydrogen-bond donors (Lipinski definition) is 3. The van der Waals surface area contributed by atoms with Crippen LogP contribution in [0.2, 0.25) is 5.02 Å². The van der Waals surface area contributed by atoms with Crippen LogP contribution in [0.5, 0.6) is 0 Å². The quantitative estimate of drug-likeness (QED) is 0.503. The SMILES string of the molecule is CC(O)(C(=O)Nc1ccc(CNc2ccccc2)cc1Cl)C(F)(F)F.[CH3-].[K+]. The molecule has 1 atom stereocenters. The first kappa shape index (κ1) is 26.4. The molecule has 142 valence electrons. The molecule has 3 N–H and O–H groups in total. The monoisotopic (exact) mass is 426 g/mol. The second-order valence-corrected chi connectivity index (χ2v) is 5.97. The number of amides is 1. The van der Waals surface area contributed by atoms with Crippen LogP contribution in [0.25, 0.3) is 0 Å². The van der Waals surface area contributed by atoms with E-state index >= 15 is 0 Å². The van der Waals surface area contributed by atoms with Gasteiger partial charge in [0.05, 0.1) is 10.7 Å². The molecule has 4 nitrogen and oxygen atoms in total. The largest absolute Gasteiger partial charge is 1.00 e. The summed E-state index contributed by atoms with van der Waals surface area (Å²) in [6.07, 6.45) is -5.09. The molecule has 1 amide bonds. The van der Waals surface area contributed by atoms with Crippen molar-refractivity contribution < 1.29 is 74.5 Å². The smallest absolute Gasteiger partial charge is 0.381 e. The van der Waals surface area contributed by atoms with Gasteiger partial charge in [-0.15, -0.1) is 0 Å². The topological polar surface area (TPSA) is 61.4 Å². The summed E-state index contributed by atoms with van der Waals surface area (Å²) in [4.78, 5) is 11.7. The van der Waals surface area contributed by atoms with E-state index in [2.05, 4.69) is 5.32 Å².